The van der Waals surface area contributed by atoms with Gasteiger partial charge in [0.2, 0.25) is 0 Å². The summed E-state index contributed by atoms with van der Waals surface area (Å²) in [5, 5.41) is 0. The molecule has 6 nitrogen and oxygen atoms in total. The third-order valence-electron chi connectivity index (χ3n) is 4.93. The summed E-state index contributed by atoms with van der Waals surface area (Å²) >= 11 is 0. The lowest BCUT2D eigenvalue weighted by Crippen LogP contribution is -2.44. The average Bonchev–Trinajstić information content (AvgIpc) is 3.03. The fourth-order valence-corrected chi connectivity index (χ4v) is 3.54. The molecule has 0 radical (unpaired) electrons. The van der Waals surface area contributed by atoms with E-state index in [4.69, 9.17) is 4.42 Å². The van der Waals surface area contributed by atoms with Gasteiger partial charge in [0, 0.05) is 44.0 Å². The van der Waals surface area contributed by atoms with E-state index in [1.807, 2.05) is 27.0 Å². The second kappa shape index (κ2) is 6.55. The standard InChI is InChI=1S/C19H22FN5O/c1-12-10-18(22-13(2)21-12)25-8-6-15(7-9-25)24(3)19-23-16-11-14(20)4-5-17(16)26-19/h4-5,10-11,15H,6-9H2,1-3H3. The summed E-state index contributed by atoms with van der Waals surface area (Å²) < 4.78 is 19.1. The Hall–Kier alpha value is -2.70. The predicted octanol–water partition coefficient (Wildman–Crippen LogP) is 3.48. The third-order valence-corrected chi connectivity index (χ3v) is 4.93. The van der Waals surface area contributed by atoms with Crippen molar-refractivity contribution in [2.75, 3.05) is 29.9 Å². The van der Waals surface area contributed by atoms with E-state index in [9.17, 15) is 4.39 Å². The lowest BCUT2D eigenvalue weighted by Gasteiger charge is -2.36. The maximum absolute atomic E-state index is 13.4. The minimum atomic E-state index is -0.302. The number of oxazole rings is 1. The highest BCUT2D eigenvalue weighted by molar-refractivity contribution is 5.74. The topological polar surface area (TPSA) is 58.3 Å². The highest BCUT2D eigenvalue weighted by atomic mass is 19.1. The van der Waals surface area contributed by atoms with Crippen LogP contribution in [0.3, 0.4) is 0 Å². The molecule has 0 amide bonds. The highest BCUT2D eigenvalue weighted by Crippen LogP contribution is 2.27. The van der Waals surface area contributed by atoms with E-state index in [1.54, 1.807) is 6.07 Å². The number of aromatic nitrogens is 3. The molecule has 0 atom stereocenters. The number of anilines is 2. The van der Waals surface area contributed by atoms with E-state index in [1.165, 1.54) is 12.1 Å². The number of hydrogen-bond acceptors (Lipinski definition) is 6. The van der Waals surface area contributed by atoms with Crippen molar-refractivity contribution in [3.63, 3.8) is 0 Å². The zero-order valence-electron chi connectivity index (χ0n) is 15.2. The number of fused-ring (bicyclic) bond motifs is 1. The van der Waals surface area contributed by atoms with Crippen LogP contribution in [-0.4, -0.2) is 41.1 Å². The van der Waals surface area contributed by atoms with Gasteiger partial charge in [-0.25, -0.2) is 14.4 Å². The maximum atomic E-state index is 13.4. The van der Waals surface area contributed by atoms with Gasteiger partial charge in [0.15, 0.2) is 5.58 Å². The molecule has 1 aromatic carbocycles. The van der Waals surface area contributed by atoms with Gasteiger partial charge < -0.3 is 14.2 Å². The maximum Gasteiger partial charge on any atom is 0.298 e. The zero-order chi connectivity index (χ0) is 18.3. The van der Waals surface area contributed by atoms with E-state index in [-0.39, 0.29) is 5.82 Å². The van der Waals surface area contributed by atoms with Gasteiger partial charge in [-0.3, -0.25) is 0 Å². The van der Waals surface area contributed by atoms with E-state index >= 15 is 0 Å². The van der Waals surface area contributed by atoms with Gasteiger partial charge in [-0.2, -0.15) is 4.98 Å². The van der Waals surface area contributed by atoms with Crippen LogP contribution in [0, 0.1) is 19.7 Å². The Morgan fingerprint density at radius 2 is 1.88 bits per heavy atom. The van der Waals surface area contributed by atoms with Gasteiger partial charge in [-0.15, -0.1) is 0 Å². The number of benzene rings is 1. The SMILES string of the molecule is Cc1cc(N2CCC(N(C)c3nc4cc(F)ccc4o3)CC2)nc(C)n1. The van der Waals surface area contributed by atoms with Crippen LogP contribution in [0.25, 0.3) is 11.1 Å². The fourth-order valence-electron chi connectivity index (χ4n) is 3.54. The minimum Gasteiger partial charge on any atom is -0.423 e. The van der Waals surface area contributed by atoms with Gasteiger partial charge in [0.05, 0.1) is 0 Å². The van der Waals surface area contributed by atoms with Gasteiger partial charge in [0.1, 0.15) is 23.0 Å². The summed E-state index contributed by atoms with van der Waals surface area (Å²) in [6.07, 6.45) is 1.96. The Labute approximate surface area is 151 Å². The first kappa shape index (κ1) is 16.8. The molecule has 7 heteroatoms. The lowest BCUT2D eigenvalue weighted by molar-refractivity contribution is 0.451. The lowest BCUT2D eigenvalue weighted by atomic mass is 10.0. The van der Waals surface area contributed by atoms with Crippen LogP contribution in [0.1, 0.15) is 24.4 Å². The van der Waals surface area contributed by atoms with Gasteiger partial charge in [0.25, 0.3) is 6.01 Å². The monoisotopic (exact) mass is 355 g/mol. The van der Waals surface area contributed by atoms with Crippen molar-refractivity contribution in [3.05, 3.63) is 41.6 Å². The van der Waals surface area contributed by atoms with Crippen LogP contribution in [-0.2, 0) is 0 Å². The van der Waals surface area contributed by atoms with Crippen molar-refractivity contribution in [2.24, 2.45) is 0 Å². The molecular weight excluding hydrogens is 333 g/mol. The molecular formula is C19H22FN5O. The van der Waals surface area contributed by atoms with Crippen molar-refractivity contribution in [3.8, 4) is 0 Å². The fraction of sp³-hybridized carbons (Fsp3) is 0.421. The van der Waals surface area contributed by atoms with Gasteiger partial charge in [-0.1, -0.05) is 0 Å². The number of aryl methyl sites for hydroxylation is 2. The first-order valence-electron chi connectivity index (χ1n) is 8.86. The van der Waals surface area contributed by atoms with Gasteiger partial charge in [-0.05, 0) is 38.8 Å². The van der Waals surface area contributed by atoms with Crippen molar-refractivity contribution in [1.29, 1.82) is 0 Å². The van der Waals surface area contributed by atoms with Crippen LogP contribution in [0.2, 0.25) is 0 Å². The summed E-state index contributed by atoms with van der Waals surface area (Å²) in [5.41, 5.74) is 2.15. The summed E-state index contributed by atoms with van der Waals surface area (Å²) in [5.74, 6) is 1.50. The summed E-state index contributed by atoms with van der Waals surface area (Å²) in [6, 6.07) is 7.31. The Balaban J connectivity index is 1.46. The van der Waals surface area contributed by atoms with Crippen molar-refractivity contribution in [2.45, 2.75) is 32.7 Å². The van der Waals surface area contributed by atoms with E-state index in [0.717, 1.165) is 43.3 Å². The smallest absolute Gasteiger partial charge is 0.298 e. The molecule has 3 heterocycles. The number of piperidine rings is 1. The molecule has 0 bridgehead atoms. The van der Waals surface area contributed by atoms with Crippen LogP contribution < -0.4 is 9.80 Å². The molecule has 1 aliphatic heterocycles. The van der Waals surface area contributed by atoms with Crippen LogP contribution >= 0.6 is 0 Å². The molecule has 26 heavy (non-hydrogen) atoms. The molecule has 3 aromatic rings. The summed E-state index contributed by atoms with van der Waals surface area (Å²) in [7, 11) is 1.99. The molecule has 1 fully saturated rings. The largest absolute Gasteiger partial charge is 0.423 e. The summed E-state index contributed by atoms with van der Waals surface area (Å²) in [4.78, 5) is 17.7. The predicted molar refractivity (Wildman–Crippen MR) is 99.1 cm³/mol. The van der Waals surface area contributed by atoms with Crippen LogP contribution in [0.15, 0.2) is 28.7 Å². The highest BCUT2D eigenvalue weighted by Gasteiger charge is 2.26. The van der Waals surface area contributed by atoms with E-state index in [0.29, 0.717) is 23.2 Å². The molecule has 1 aliphatic rings. The number of rotatable bonds is 3. The van der Waals surface area contributed by atoms with Crippen LogP contribution in [0.5, 0.6) is 0 Å². The van der Waals surface area contributed by atoms with Crippen molar-refractivity contribution in [1.82, 2.24) is 15.0 Å². The Kier molecular flexibility index (Phi) is 4.22. The average molecular weight is 355 g/mol. The molecule has 0 N–H and O–H groups in total. The Bertz CT molecular complexity index is 913. The Morgan fingerprint density at radius 1 is 1.12 bits per heavy atom. The molecule has 4 rings (SSSR count). The number of nitrogens with zero attached hydrogens (tertiary/aromatic N) is 5. The summed E-state index contributed by atoms with van der Waals surface area (Å²) in [6.45, 7) is 5.75. The molecule has 0 saturated carbocycles. The molecule has 0 unspecified atom stereocenters. The van der Waals surface area contributed by atoms with Crippen LogP contribution in [0.4, 0.5) is 16.2 Å². The molecule has 1 saturated heterocycles. The number of halogens is 1. The third kappa shape index (κ3) is 3.21. The second-order valence-corrected chi connectivity index (χ2v) is 6.85. The molecule has 0 aliphatic carbocycles. The Morgan fingerprint density at radius 3 is 2.62 bits per heavy atom. The first-order chi connectivity index (χ1) is 12.5. The van der Waals surface area contributed by atoms with Crippen molar-refractivity contribution >= 4 is 22.9 Å². The van der Waals surface area contributed by atoms with Crippen molar-refractivity contribution < 1.29 is 8.81 Å². The molecule has 136 valence electrons. The normalized spacial score (nSPS) is 15.6. The van der Waals surface area contributed by atoms with E-state index < -0.39 is 0 Å². The molecule has 0 spiro atoms. The minimum absolute atomic E-state index is 0.302. The quantitative estimate of drug-likeness (QED) is 0.717. The number of hydrogen-bond donors (Lipinski definition) is 0. The second-order valence-electron chi connectivity index (χ2n) is 6.85. The van der Waals surface area contributed by atoms with E-state index in [2.05, 4.69) is 24.8 Å². The first-order valence-corrected chi connectivity index (χ1v) is 8.86. The molecule has 2 aromatic heterocycles. The van der Waals surface area contributed by atoms with Gasteiger partial charge >= 0.3 is 0 Å². The zero-order valence-corrected chi connectivity index (χ0v) is 15.2.